The van der Waals surface area contributed by atoms with Crippen molar-refractivity contribution in [1.29, 1.82) is 0 Å². The topological polar surface area (TPSA) is 105 Å². The maximum atomic E-state index is 12.8. The Morgan fingerprint density at radius 2 is 1.74 bits per heavy atom. The Kier molecular flexibility index (Phi) is 5.63. The van der Waals surface area contributed by atoms with Crippen LogP contribution in [-0.4, -0.2) is 41.8 Å². The van der Waals surface area contributed by atoms with Crippen molar-refractivity contribution in [2.45, 2.75) is 43.7 Å². The van der Waals surface area contributed by atoms with Crippen LogP contribution in [0.3, 0.4) is 0 Å². The molecular formula is C27H28N2O5. The molecule has 7 heteroatoms. The Labute approximate surface area is 198 Å². The van der Waals surface area contributed by atoms with Gasteiger partial charge < -0.3 is 20.5 Å². The molecule has 3 N–H and O–H groups in total. The average molecular weight is 461 g/mol. The molecule has 2 aromatic rings. The summed E-state index contributed by atoms with van der Waals surface area (Å²) in [6, 6.07) is 15.2. The molecule has 0 heterocycles. The smallest absolute Gasteiger partial charge is 0.407 e. The summed E-state index contributed by atoms with van der Waals surface area (Å²) in [5.41, 5.74) is 4.07. The number of nitrogens with one attached hydrogen (secondary N) is 2. The third-order valence-corrected chi connectivity index (χ3v) is 7.54. The standard InChI is InChI=1S/C27H28N2O5/c1-2-7-23(24(30)31)29-25(32)27-13-16(27)12-17(14-27)28-26(33)34-15-22-20-10-5-3-8-18(20)19-9-4-6-11-21(19)22/h2-6,8-11,16-17,22-23H,1,7,12-15H2,(H,28,33)(H,29,32)(H,30,31). The van der Waals surface area contributed by atoms with Crippen LogP contribution >= 0.6 is 0 Å². The van der Waals surface area contributed by atoms with Gasteiger partial charge in [-0.25, -0.2) is 9.59 Å². The van der Waals surface area contributed by atoms with Crippen molar-refractivity contribution in [1.82, 2.24) is 10.6 Å². The number of ether oxygens (including phenoxy) is 1. The number of carboxylic acids is 1. The second-order valence-electron chi connectivity index (χ2n) is 9.55. The predicted molar refractivity (Wildman–Crippen MR) is 126 cm³/mol. The number of rotatable bonds is 8. The summed E-state index contributed by atoms with van der Waals surface area (Å²) in [5.74, 6) is -1.17. The predicted octanol–water partition coefficient (Wildman–Crippen LogP) is 3.84. The van der Waals surface area contributed by atoms with Crippen molar-refractivity contribution in [2.24, 2.45) is 11.3 Å². The van der Waals surface area contributed by atoms with Crippen molar-refractivity contribution >= 4 is 18.0 Å². The number of amides is 2. The monoisotopic (exact) mass is 460 g/mol. The fraction of sp³-hybridized carbons (Fsp3) is 0.370. The quantitative estimate of drug-likeness (QED) is 0.519. The lowest BCUT2D eigenvalue weighted by Gasteiger charge is -2.20. The van der Waals surface area contributed by atoms with Crippen molar-refractivity contribution in [3.05, 3.63) is 72.3 Å². The van der Waals surface area contributed by atoms with Gasteiger partial charge in [-0.15, -0.1) is 6.58 Å². The summed E-state index contributed by atoms with van der Waals surface area (Å²) in [4.78, 5) is 36.8. The van der Waals surface area contributed by atoms with Crippen molar-refractivity contribution in [3.8, 4) is 11.1 Å². The molecule has 5 rings (SSSR count). The van der Waals surface area contributed by atoms with Gasteiger partial charge in [-0.2, -0.15) is 0 Å². The van der Waals surface area contributed by atoms with E-state index < -0.39 is 23.5 Å². The number of carbonyl (C=O) groups is 3. The largest absolute Gasteiger partial charge is 0.480 e. The van der Waals surface area contributed by atoms with Crippen LogP contribution in [0.5, 0.6) is 0 Å². The molecule has 176 valence electrons. The van der Waals surface area contributed by atoms with E-state index in [2.05, 4.69) is 41.5 Å². The summed E-state index contributed by atoms with van der Waals surface area (Å²) in [5, 5.41) is 14.9. The van der Waals surface area contributed by atoms with E-state index in [-0.39, 0.29) is 36.8 Å². The highest BCUT2D eigenvalue weighted by Gasteiger charge is 2.65. The highest BCUT2D eigenvalue weighted by Crippen LogP contribution is 2.63. The lowest BCUT2D eigenvalue weighted by Crippen LogP contribution is -2.45. The average Bonchev–Trinajstić information content (AvgIpc) is 3.25. The SMILES string of the molecule is C=CCC(NC(=O)C12CC(NC(=O)OCC3c4ccccc4-c4ccccc43)CC1C2)C(=O)O. The maximum Gasteiger partial charge on any atom is 0.407 e. The lowest BCUT2D eigenvalue weighted by atomic mass is 9.98. The molecule has 3 aliphatic rings. The van der Waals surface area contributed by atoms with Gasteiger partial charge in [0.2, 0.25) is 5.91 Å². The Hall–Kier alpha value is -3.61. The summed E-state index contributed by atoms with van der Waals surface area (Å²) < 4.78 is 5.63. The van der Waals surface area contributed by atoms with Crippen molar-refractivity contribution < 1.29 is 24.2 Å². The zero-order chi connectivity index (χ0) is 23.9. The molecule has 2 aromatic carbocycles. The molecule has 7 nitrogen and oxygen atoms in total. The third kappa shape index (κ3) is 3.85. The van der Waals surface area contributed by atoms with E-state index in [1.807, 2.05) is 24.3 Å². The Morgan fingerprint density at radius 3 is 2.35 bits per heavy atom. The number of hydrogen-bond acceptors (Lipinski definition) is 4. The number of aliphatic carboxylic acids is 1. The van der Waals surface area contributed by atoms with Crippen LogP contribution in [0.15, 0.2) is 61.2 Å². The number of hydrogen-bond donors (Lipinski definition) is 3. The van der Waals surface area contributed by atoms with Gasteiger partial charge in [0.05, 0.1) is 5.41 Å². The summed E-state index contributed by atoms with van der Waals surface area (Å²) in [7, 11) is 0. The molecule has 0 aromatic heterocycles. The Bertz CT molecular complexity index is 1120. The Balaban J connectivity index is 1.17. The number of fused-ring (bicyclic) bond motifs is 4. The van der Waals surface area contributed by atoms with Gasteiger partial charge in [0.15, 0.2) is 0 Å². The van der Waals surface area contributed by atoms with Gasteiger partial charge in [0.1, 0.15) is 12.6 Å². The number of benzene rings is 2. The van der Waals surface area contributed by atoms with Gasteiger partial charge in [-0.05, 0) is 53.9 Å². The molecule has 0 spiro atoms. The molecule has 4 atom stereocenters. The minimum atomic E-state index is -1.08. The first-order valence-corrected chi connectivity index (χ1v) is 11.7. The minimum Gasteiger partial charge on any atom is -0.480 e. The maximum absolute atomic E-state index is 12.8. The molecular weight excluding hydrogens is 432 g/mol. The molecule has 2 fully saturated rings. The third-order valence-electron chi connectivity index (χ3n) is 7.54. The second kappa shape index (κ2) is 8.63. The van der Waals surface area contributed by atoms with Crippen LogP contribution in [0.25, 0.3) is 11.1 Å². The van der Waals surface area contributed by atoms with Crippen LogP contribution in [0.2, 0.25) is 0 Å². The first kappa shape index (κ1) is 22.2. The number of alkyl carbamates (subject to hydrolysis) is 1. The fourth-order valence-corrected chi connectivity index (χ4v) is 5.78. The van der Waals surface area contributed by atoms with E-state index in [9.17, 15) is 19.5 Å². The molecule has 0 radical (unpaired) electrons. The second-order valence-corrected chi connectivity index (χ2v) is 9.55. The van der Waals surface area contributed by atoms with E-state index in [0.717, 1.165) is 17.5 Å². The first-order chi connectivity index (χ1) is 16.4. The highest BCUT2D eigenvalue weighted by molar-refractivity contribution is 5.90. The molecule has 2 amide bonds. The molecule has 3 aliphatic carbocycles. The van der Waals surface area contributed by atoms with Gasteiger partial charge >= 0.3 is 12.1 Å². The van der Waals surface area contributed by atoms with E-state index in [1.165, 1.54) is 17.2 Å². The molecule has 4 unspecified atom stereocenters. The minimum absolute atomic E-state index is 0.00920. The zero-order valence-corrected chi connectivity index (χ0v) is 18.8. The lowest BCUT2D eigenvalue weighted by molar-refractivity contribution is -0.142. The molecule has 0 saturated heterocycles. The zero-order valence-electron chi connectivity index (χ0n) is 18.8. The summed E-state index contributed by atoms with van der Waals surface area (Å²) >= 11 is 0. The van der Waals surface area contributed by atoms with Gasteiger partial charge in [-0.3, -0.25) is 4.79 Å². The van der Waals surface area contributed by atoms with Gasteiger partial charge in [0, 0.05) is 12.0 Å². The molecule has 0 aliphatic heterocycles. The van der Waals surface area contributed by atoms with E-state index >= 15 is 0 Å². The Morgan fingerprint density at radius 1 is 1.09 bits per heavy atom. The van der Waals surface area contributed by atoms with E-state index in [0.29, 0.717) is 12.8 Å². The van der Waals surface area contributed by atoms with Crippen LogP contribution in [0.4, 0.5) is 4.79 Å². The molecule has 34 heavy (non-hydrogen) atoms. The molecule has 0 bridgehead atoms. The van der Waals surface area contributed by atoms with Crippen LogP contribution in [0.1, 0.15) is 42.7 Å². The van der Waals surface area contributed by atoms with Crippen molar-refractivity contribution in [3.63, 3.8) is 0 Å². The van der Waals surface area contributed by atoms with E-state index in [4.69, 9.17) is 4.74 Å². The van der Waals surface area contributed by atoms with Gasteiger partial charge in [0.25, 0.3) is 0 Å². The normalized spacial score (nSPS) is 24.8. The van der Waals surface area contributed by atoms with Crippen LogP contribution < -0.4 is 10.6 Å². The van der Waals surface area contributed by atoms with Crippen LogP contribution in [0, 0.1) is 11.3 Å². The highest BCUT2D eigenvalue weighted by atomic mass is 16.5. The summed E-state index contributed by atoms with van der Waals surface area (Å²) in [6.45, 7) is 3.79. The first-order valence-electron chi connectivity index (χ1n) is 11.7. The van der Waals surface area contributed by atoms with Crippen LogP contribution in [-0.2, 0) is 14.3 Å². The number of carbonyl (C=O) groups excluding carboxylic acids is 2. The molecule has 2 saturated carbocycles. The number of carboxylic acid groups (broad SMARTS) is 1. The van der Waals surface area contributed by atoms with E-state index in [1.54, 1.807) is 0 Å². The summed E-state index contributed by atoms with van der Waals surface area (Å²) in [6.07, 6.45) is 3.08. The van der Waals surface area contributed by atoms with Gasteiger partial charge in [-0.1, -0.05) is 54.6 Å². The fourth-order valence-electron chi connectivity index (χ4n) is 5.78. The van der Waals surface area contributed by atoms with Crippen molar-refractivity contribution in [2.75, 3.05) is 6.61 Å².